The molecule has 0 saturated heterocycles. The Kier molecular flexibility index (Phi) is 8.90. The maximum absolute atomic E-state index is 6.95. The number of fused-ring (bicyclic) bond motifs is 11. The minimum atomic E-state index is -0.0306. The van der Waals surface area contributed by atoms with Crippen LogP contribution in [0.15, 0.2) is 232 Å². The first kappa shape index (κ1) is 38.6. The summed E-state index contributed by atoms with van der Waals surface area (Å²) in [6, 6.07) is 67.7. The molecule has 0 amide bonds. The zero-order chi connectivity index (χ0) is 44.6. The number of benzene rings is 9. The molecule has 0 fully saturated rings. The summed E-state index contributed by atoms with van der Waals surface area (Å²) in [5, 5.41) is 8.87. The number of hydrogen-bond acceptors (Lipinski definition) is 4. The van der Waals surface area contributed by atoms with Gasteiger partial charge in [0, 0.05) is 38.7 Å². The Hall–Kier alpha value is -8.80. The van der Waals surface area contributed by atoms with Crippen LogP contribution in [0.5, 0.6) is 0 Å². The van der Waals surface area contributed by atoms with Crippen LogP contribution in [-0.4, -0.2) is 17.6 Å². The molecule has 2 unspecified atom stereocenters. The fraction of sp³-hybridized carbons (Fsp3) is 0.0323. The highest BCUT2D eigenvalue weighted by Crippen LogP contribution is 2.51. The van der Waals surface area contributed by atoms with Gasteiger partial charge in [0.25, 0.3) is 0 Å². The van der Waals surface area contributed by atoms with E-state index in [1.165, 1.54) is 26.8 Å². The van der Waals surface area contributed by atoms with E-state index in [0.717, 1.165) is 83.1 Å². The van der Waals surface area contributed by atoms with E-state index < -0.39 is 0 Å². The fourth-order valence-electron chi connectivity index (χ4n) is 10.3. The highest BCUT2D eigenvalue weighted by atomic mass is 16.3. The molecule has 2 aliphatic rings. The summed E-state index contributed by atoms with van der Waals surface area (Å²) >= 11 is 0. The summed E-state index contributed by atoms with van der Waals surface area (Å²) < 4.78 is 13.2. The van der Waals surface area contributed by atoms with Crippen LogP contribution in [-0.2, 0) is 0 Å². The van der Waals surface area contributed by atoms with Gasteiger partial charge in [-0.2, -0.15) is 0 Å². The molecular formula is C62H41N3O2. The Morgan fingerprint density at radius 2 is 1.13 bits per heavy atom. The molecule has 5 heteroatoms. The van der Waals surface area contributed by atoms with Crippen molar-refractivity contribution in [2.45, 2.75) is 12.0 Å². The summed E-state index contributed by atoms with van der Waals surface area (Å²) in [6.07, 6.45) is 6.70. The van der Waals surface area contributed by atoms with E-state index in [4.69, 9.17) is 18.8 Å². The van der Waals surface area contributed by atoms with Gasteiger partial charge in [0.2, 0.25) is 0 Å². The predicted molar refractivity (Wildman–Crippen MR) is 279 cm³/mol. The van der Waals surface area contributed by atoms with Gasteiger partial charge in [-0.05, 0) is 104 Å². The zero-order valence-electron chi connectivity index (χ0n) is 36.4. The highest BCUT2D eigenvalue weighted by Gasteiger charge is 2.40. The Balaban J connectivity index is 1.05. The van der Waals surface area contributed by atoms with Crippen LogP contribution in [0.3, 0.4) is 0 Å². The van der Waals surface area contributed by atoms with Gasteiger partial charge in [-0.25, -0.2) is 9.98 Å². The number of anilines is 2. The maximum atomic E-state index is 6.95. The molecule has 316 valence electrons. The van der Waals surface area contributed by atoms with Crippen molar-refractivity contribution in [3.8, 4) is 11.1 Å². The third-order valence-corrected chi connectivity index (χ3v) is 13.5. The van der Waals surface area contributed by atoms with Gasteiger partial charge in [0.15, 0.2) is 5.84 Å². The van der Waals surface area contributed by atoms with Gasteiger partial charge in [0.1, 0.15) is 22.3 Å². The van der Waals surface area contributed by atoms with E-state index in [-0.39, 0.29) is 12.0 Å². The second kappa shape index (κ2) is 15.4. The molecule has 1 aliphatic heterocycles. The average molecular weight is 860 g/mol. The molecule has 0 bridgehead atoms. The molecule has 3 heterocycles. The maximum Gasteiger partial charge on any atom is 0.160 e. The molecule has 0 N–H and O–H groups in total. The summed E-state index contributed by atoms with van der Waals surface area (Å²) in [5.74, 6) is 0.582. The fourth-order valence-corrected chi connectivity index (χ4v) is 10.3. The van der Waals surface area contributed by atoms with Gasteiger partial charge in [0.05, 0.1) is 28.7 Å². The molecule has 0 radical (unpaired) electrons. The molecule has 67 heavy (non-hydrogen) atoms. The van der Waals surface area contributed by atoms with E-state index in [1.54, 1.807) is 0 Å². The standard InChI is InChI=1S/C62H41N3O2/c1-3-53(64-62(46-29-32-59-52(35-46)48-22-12-13-23-57(48)66-59)63-38(2)39-25-27-41(28-26-39)40-15-5-4-6-16-40)60-54(31-30-49-47-21-11-14-24-58(47)67-61(49)60)65-55-36-44-19-9-7-17-42(44)33-50(55)51-34-43-18-8-10-20-45(43)37-56(51)65/h3-37,50,55H,1-2H2. The van der Waals surface area contributed by atoms with Crippen LogP contribution >= 0.6 is 0 Å². The molecule has 0 spiro atoms. The molecule has 1 aliphatic carbocycles. The summed E-state index contributed by atoms with van der Waals surface area (Å²) in [4.78, 5) is 13.4. The smallest absolute Gasteiger partial charge is 0.160 e. The normalized spacial score (nSPS) is 15.7. The molecule has 2 atom stereocenters. The van der Waals surface area contributed by atoms with Crippen LogP contribution in [0.1, 0.15) is 28.2 Å². The molecule has 13 rings (SSSR count). The average Bonchev–Trinajstić information content (AvgIpc) is 4.05. The van der Waals surface area contributed by atoms with Crippen LogP contribution in [0.4, 0.5) is 11.4 Å². The van der Waals surface area contributed by atoms with Crippen molar-refractivity contribution in [1.82, 2.24) is 0 Å². The lowest BCUT2D eigenvalue weighted by molar-refractivity contribution is 0.667. The quantitative estimate of drug-likeness (QED) is 0.118. The van der Waals surface area contributed by atoms with Crippen LogP contribution in [0.25, 0.3) is 83.6 Å². The number of allylic oxidation sites excluding steroid dienone is 1. The number of nitrogens with zero attached hydrogens (tertiary/aromatic N) is 3. The van der Waals surface area contributed by atoms with Crippen molar-refractivity contribution in [1.29, 1.82) is 0 Å². The minimum absolute atomic E-state index is 0.0306. The van der Waals surface area contributed by atoms with Gasteiger partial charge in [-0.3, -0.25) is 0 Å². The second-order valence-corrected chi connectivity index (χ2v) is 17.4. The summed E-state index contributed by atoms with van der Waals surface area (Å²) in [6.45, 7) is 9.01. The zero-order valence-corrected chi connectivity index (χ0v) is 36.4. The van der Waals surface area contributed by atoms with Gasteiger partial charge >= 0.3 is 0 Å². The van der Waals surface area contributed by atoms with Crippen molar-refractivity contribution in [3.05, 3.63) is 246 Å². The third kappa shape index (κ3) is 6.39. The number of amidine groups is 1. The molecular weight excluding hydrogens is 819 g/mol. The van der Waals surface area contributed by atoms with Crippen molar-refractivity contribution in [3.63, 3.8) is 0 Å². The van der Waals surface area contributed by atoms with E-state index in [9.17, 15) is 0 Å². The molecule has 2 aromatic heterocycles. The topological polar surface area (TPSA) is 54.2 Å². The van der Waals surface area contributed by atoms with Crippen molar-refractivity contribution >= 4 is 95.4 Å². The number of rotatable bonds is 7. The number of furan rings is 2. The van der Waals surface area contributed by atoms with Gasteiger partial charge < -0.3 is 13.7 Å². The Morgan fingerprint density at radius 3 is 1.91 bits per heavy atom. The first-order chi connectivity index (χ1) is 33.1. The number of para-hydroxylation sites is 2. The molecule has 5 nitrogen and oxygen atoms in total. The lowest BCUT2D eigenvalue weighted by Crippen LogP contribution is -2.38. The third-order valence-electron chi connectivity index (χ3n) is 13.5. The molecule has 0 saturated carbocycles. The summed E-state index contributed by atoms with van der Waals surface area (Å²) in [7, 11) is 0. The van der Waals surface area contributed by atoms with Crippen LogP contribution < -0.4 is 15.3 Å². The van der Waals surface area contributed by atoms with Crippen LogP contribution in [0.2, 0.25) is 0 Å². The largest absolute Gasteiger partial charge is 0.456 e. The SMILES string of the molecule is C=CC(=NC(=NC(=C)c1ccc(-c2ccccc2)cc1)c1ccc2oc3ccccc3c2c1)c1c(N2c3cc4ccccc4cc3C3C=c4ccccc4=CC32)ccc2c1oc1ccccc12. The number of hydrogen-bond donors (Lipinski definition) is 0. The van der Waals surface area contributed by atoms with Crippen molar-refractivity contribution in [2.75, 3.05) is 4.90 Å². The Bertz CT molecular complexity index is 4040. The lowest BCUT2D eigenvalue weighted by atomic mass is 9.88. The second-order valence-electron chi connectivity index (χ2n) is 17.4. The molecule has 11 aromatic rings. The first-order valence-corrected chi connectivity index (χ1v) is 22.7. The van der Waals surface area contributed by atoms with E-state index >= 15 is 0 Å². The molecule has 9 aromatic carbocycles. The van der Waals surface area contributed by atoms with Crippen molar-refractivity contribution in [2.24, 2.45) is 9.98 Å². The first-order valence-electron chi connectivity index (χ1n) is 22.7. The lowest BCUT2D eigenvalue weighted by Gasteiger charge is -2.31. The highest BCUT2D eigenvalue weighted by molar-refractivity contribution is 6.26. The van der Waals surface area contributed by atoms with E-state index in [1.807, 2.05) is 54.6 Å². The van der Waals surface area contributed by atoms with Crippen molar-refractivity contribution < 1.29 is 8.83 Å². The van der Waals surface area contributed by atoms with E-state index in [0.29, 0.717) is 17.2 Å². The number of aliphatic imine (C=N–C) groups is 2. The van der Waals surface area contributed by atoms with Crippen LogP contribution in [0, 0.1) is 0 Å². The van der Waals surface area contributed by atoms with Gasteiger partial charge in [-0.1, -0.05) is 165 Å². The monoisotopic (exact) mass is 859 g/mol. The van der Waals surface area contributed by atoms with Gasteiger partial charge in [-0.15, -0.1) is 0 Å². The Morgan fingerprint density at radius 1 is 0.507 bits per heavy atom. The predicted octanol–water partition coefficient (Wildman–Crippen LogP) is 14.3. The minimum Gasteiger partial charge on any atom is -0.456 e. The van der Waals surface area contributed by atoms with E-state index in [2.05, 4.69) is 176 Å². The summed E-state index contributed by atoms with van der Waals surface area (Å²) in [5.41, 5.74) is 12.5. The Labute approximate surface area is 386 Å².